The van der Waals surface area contributed by atoms with Crippen molar-refractivity contribution in [2.24, 2.45) is 11.7 Å². The Morgan fingerprint density at radius 1 is 1.50 bits per heavy atom. The van der Waals surface area contributed by atoms with Crippen LogP contribution in [-0.4, -0.2) is 16.9 Å². The highest BCUT2D eigenvalue weighted by Crippen LogP contribution is 2.30. The van der Waals surface area contributed by atoms with Crippen molar-refractivity contribution in [1.82, 2.24) is 0 Å². The maximum Gasteiger partial charge on any atom is 0.288 e. The minimum absolute atomic E-state index is 0.0101. The average Bonchev–Trinajstić information content (AvgIpc) is 2.32. The van der Waals surface area contributed by atoms with Crippen molar-refractivity contribution in [2.75, 3.05) is 5.32 Å². The van der Waals surface area contributed by atoms with Gasteiger partial charge in [0, 0.05) is 24.2 Å². The second kappa shape index (κ2) is 6.67. The maximum absolute atomic E-state index is 11.8. The molecule has 110 valence electrons. The van der Waals surface area contributed by atoms with Gasteiger partial charge in [0.2, 0.25) is 5.91 Å². The summed E-state index contributed by atoms with van der Waals surface area (Å²) in [4.78, 5) is 22.0. The number of amides is 1. The predicted octanol–water partition coefficient (Wildman–Crippen LogP) is 2.87. The molecule has 0 aliphatic carbocycles. The van der Waals surface area contributed by atoms with Crippen molar-refractivity contribution in [1.29, 1.82) is 0 Å². The van der Waals surface area contributed by atoms with Gasteiger partial charge in [0.25, 0.3) is 5.69 Å². The van der Waals surface area contributed by atoms with E-state index in [9.17, 15) is 14.9 Å². The van der Waals surface area contributed by atoms with Crippen LogP contribution in [0.2, 0.25) is 5.02 Å². The summed E-state index contributed by atoms with van der Waals surface area (Å²) in [6.07, 6.45) is 0.186. The second-order valence-corrected chi connectivity index (χ2v) is 5.44. The molecule has 1 aromatic rings. The number of anilines is 1. The highest BCUT2D eigenvalue weighted by atomic mass is 35.5. The van der Waals surface area contributed by atoms with Gasteiger partial charge in [-0.15, -0.1) is 0 Å². The number of nitrogens with two attached hydrogens (primary N) is 1. The molecule has 3 N–H and O–H groups in total. The van der Waals surface area contributed by atoms with Crippen LogP contribution in [0.15, 0.2) is 12.1 Å². The van der Waals surface area contributed by atoms with Crippen LogP contribution in [0, 0.1) is 23.0 Å². The largest absolute Gasteiger partial charge is 0.327 e. The van der Waals surface area contributed by atoms with Gasteiger partial charge in [-0.3, -0.25) is 14.9 Å². The Kier molecular flexibility index (Phi) is 5.47. The van der Waals surface area contributed by atoms with Crippen LogP contribution < -0.4 is 11.1 Å². The van der Waals surface area contributed by atoms with Crippen LogP contribution in [0.4, 0.5) is 11.4 Å². The van der Waals surface area contributed by atoms with Gasteiger partial charge < -0.3 is 11.1 Å². The van der Waals surface area contributed by atoms with Crippen LogP contribution in [0.5, 0.6) is 0 Å². The average molecular weight is 300 g/mol. The van der Waals surface area contributed by atoms with Crippen LogP contribution in [0.1, 0.15) is 25.8 Å². The number of aryl methyl sites for hydroxylation is 1. The lowest BCUT2D eigenvalue weighted by Crippen LogP contribution is -2.31. The maximum atomic E-state index is 11.8. The van der Waals surface area contributed by atoms with E-state index in [1.165, 1.54) is 12.1 Å². The molecule has 0 aliphatic heterocycles. The third-order valence-corrected chi connectivity index (χ3v) is 3.34. The van der Waals surface area contributed by atoms with Gasteiger partial charge in [-0.25, -0.2) is 0 Å². The molecule has 6 nitrogen and oxygen atoms in total. The Morgan fingerprint density at radius 3 is 2.60 bits per heavy atom. The highest BCUT2D eigenvalue weighted by molar-refractivity contribution is 6.33. The summed E-state index contributed by atoms with van der Waals surface area (Å²) < 4.78 is 0. The molecule has 0 aromatic heterocycles. The van der Waals surface area contributed by atoms with Gasteiger partial charge in [0.05, 0.1) is 4.92 Å². The summed E-state index contributed by atoms with van der Waals surface area (Å²) in [5.41, 5.74) is 6.68. The molecule has 20 heavy (non-hydrogen) atoms. The first-order valence-corrected chi connectivity index (χ1v) is 6.60. The number of rotatable bonds is 5. The predicted molar refractivity (Wildman–Crippen MR) is 78.9 cm³/mol. The summed E-state index contributed by atoms with van der Waals surface area (Å²) in [5, 5.41) is 13.4. The van der Waals surface area contributed by atoms with Crippen molar-refractivity contribution in [2.45, 2.75) is 33.2 Å². The van der Waals surface area contributed by atoms with E-state index in [0.29, 0.717) is 11.3 Å². The smallest absolute Gasteiger partial charge is 0.288 e. The zero-order chi connectivity index (χ0) is 15.4. The number of nitrogens with zero attached hydrogens (tertiary/aromatic N) is 1. The molecule has 1 rings (SSSR count). The topological polar surface area (TPSA) is 98.3 Å². The number of carbonyl (C=O) groups excluding carboxylic acids is 1. The van der Waals surface area contributed by atoms with Crippen LogP contribution in [0.25, 0.3) is 0 Å². The van der Waals surface area contributed by atoms with Crippen molar-refractivity contribution in [3.05, 3.63) is 32.8 Å². The lowest BCUT2D eigenvalue weighted by molar-refractivity contribution is -0.384. The Labute approximate surface area is 122 Å². The molecule has 0 bridgehead atoms. The Hall–Kier alpha value is -1.66. The quantitative estimate of drug-likeness (QED) is 0.645. The Balaban J connectivity index is 2.86. The zero-order valence-electron chi connectivity index (χ0n) is 11.6. The minimum atomic E-state index is -0.560. The number of halogens is 1. The summed E-state index contributed by atoms with van der Waals surface area (Å²) in [6.45, 7) is 5.54. The number of hydrogen-bond acceptors (Lipinski definition) is 4. The van der Waals surface area contributed by atoms with E-state index in [1.54, 1.807) is 6.92 Å². The van der Waals surface area contributed by atoms with E-state index in [-0.39, 0.29) is 35.0 Å². The number of nitrogens with one attached hydrogen (secondary N) is 1. The van der Waals surface area contributed by atoms with Crippen molar-refractivity contribution in [3.8, 4) is 0 Å². The van der Waals surface area contributed by atoms with E-state index in [2.05, 4.69) is 5.32 Å². The first kappa shape index (κ1) is 16.4. The van der Waals surface area contributed by atoms with Crippen molar-refractivity contribution in [3.63, 3.8) is 0 Å². The first-order chi connectivity index (χ1) is 9.22. The number of nitro benzene ring substituents is 1. The third kappa shape index (κ3) is 4.18. The molecule has 0 aliphatic rings. The fourth-order valence-electron chi connectivity index (χ4n) is 1.59. The van der Waals surface area contributed by atoms with Crippen molar-refractivity contribution >= 4 is 28.9 Å². The van der Waals surface area contributed by atoms with E-state index >= 15 is 0 Å². The zero-order valence-corrected chi connectivity index (χ0v) is 12.4. The summed E-state index contributed by atoms with van der Waals surface area (Å²) in [6, 6.07) is 2.48. The van der Waals surface area contributed by atoms with Crippen LogP contribution >= 0.6 is 11.6 Å². The molecule has 1 unspecified atom stereocenters. The molecule has 0 radical (unpaired) electrons. The fraction of sp³-hybridized carbons (Fsp3) is 0.462. The molecule has 1 amide bonds. The SMILES string of the molecule is Cc1cc([N+](=O)[O-])c(Cl)cc1NC(=O)CC(N)C(C)C. The monoisotopic (exact) mass is 299 g/mol. The van der Waals surface area contributed by atoms with E-state index < -0.39 is 4.92 Å². The fourth-order valence-corrected chi connectivity index (χ4v) is 1.82. The summed E-state index contributed by atoms with van der Waals surface area (Å²) in [7, 11) is 0. The second-order valence-electron chi connectivity index (χ2n) is 5.04. The number of carbonyl (C=O) groups is 1. The lowest BCUT2D eigenvalue weighted by atomic mass is 10.0. The Morgan fingerprint density at radius 2 is 2.10 bits per heavy atom. The van der Waals surface area contributed by atoms with E-state index in [4.69, 9.17) is 17.3 Å². The highest BCUT2D eigenvalue weighted by Gasteiger charge is 2.17. The molecule has 0 heterocycles. The normalized spacial score (nSPS) is 12.3. The van der Waals surface area contributed by atoms with Crippen LogP contribution in [0.3, 0.4) is 0 Å². The van der Waals surface area contributed by atoms with Gasteiger partial charge in [0.15, 0.2) is 0 Å². The summed E-state index contributed by atoms with van der Waals surface area (Å²) in [5.74, 6) is -0.0403. The number of hydrogen-bond donors (Lipinski definition) is 2. The van der Waals surface area contributed by atoms with Gasteiger partial charge >= 0.3 is 0 Å². The third-order valence-electron chi connectivity index (χ3n) is 3.04. The summed E-state index contributed by atoms with van der Waals surface area (Å²) >= 11 is 5.82. The van der Waals surface area contributed by atoms with Crippen LogP contribution in [-0.2, 0) is 4.79 Å². The first-order valence-electron chi connectivity index (χ1n) is 6.22. The molecular weight excluding hydrogens is 282 g/mol. The Bertz CT molecular complexity index is 532. The molecule has 0 spiro atoms. The number of benzene rings is 1. The minimum Gasteiger partial charge on any atom is -0.327 e. The standard InChI is InChI=1S/C13H18ClN3O3/c1-7(2)10(15)6-13(18)16-11-5-9(14)12(17(19)20)4-8(11)3/h4-5,7,10H,6,15H2,1-3H3,(H,16,18). The number of nitro groups is 1. The van der Waals surface area contributed by atoms with Gasteiger partial charge in [-0.2, -0.15) is 0 Å². The van der Waals surface area contributed by atoms with Gasteiger partial charge in [0.1, 0.15) is 5.02 Å². The van der Waals surface area contributed by atoms with E-state index in [0.717, 1.165) is 0 Å². The molecular formula is C13H18ClN3O3. The van der Waals surface area contributed by atoms with Gasteiger partial charge in [-0.1, -0.05) is 25.4 Å². The molecule has 7 heteroatoms. The molecule has 0 saturated carbocycles. The van der Waals surface area contributed by atoms with E-state index in [1.807, 2.05) is 13.8 Å². The van der Waals surface area contributed by atoms with Crippen molar-refractivity contribution < 1.29 is 9.72 Å². The molecule has 1 aromatic carbocycles. The molecule has 0 fully saturated rings. The molecule has 0 saturated heterocycles. The lowest BCUT2D eigenvalue weighted by Gasteiger charge is -2.15. The molecule has 1 atom stereocenters. The van der Waals surface area contributed by atoms with Gasteiger partial charge in [-0.05, 0) is 24.5 Å².